The summed E-state index contributed by atoms with van der Waals surface area (Å²) in [7, 11) is 4.25. The molecule has 2 atom stereocenters. The Morgan fingerprint density at radius 2 is 1.62 bits per heavy atom. The lowest BCUT2D eigenvalue weighted by molar-refractivity contribution is -0.150. The second-order valence-corrected chi connectivity index (χ2v) is 8.15. The van der Waals surface area contributed by atoms with Crippen LogP contribution >= 0.6 is 11.8 Å². The predicted octanol–water partition coefficient (Wildman–Crippen LogP) is 2.81. The first-order valence-corrected chi connectivity index (χ1v) is 11.1. The van der Waals surface area contributed by atoms with E-state index in [9.17, 15) is 19.6 Å². The number of carbonyl (C=O) groups excluding carboxylic acids is 3. The molecule has 2 aromatic rings. The van der Waals surface area contributed by atoms with Crippen LogP contribution in [-0.4, -0.2) is 44.9 Å². The molecule has 1 heterocycles. The lowest BCUT2D eigenvalue weighted by atomic mass is 9.78. The van der Waals surface area contributed by atoms with Gasteiger partial charge in [-0.05, 0) is 42.0 Å². The topological polar surface area (TPSA) is 127 Å². The molecule has 9 nitrogen and oxygen atoms in total. The van der Waals surface area contributed by atoms with Gasteiger partial charge in [-0.3, -0.25) is 14.4 Å². The average Bonchev–Trinajstić information content (AvgIpc) is 2.87. The van der Waals surface area contributed by atoms with Gasteiger partial charge in [0.1, 0.15) is 17.4 Å². The summed E-state index contributed by atoms with van der Waals surface area (Å²) in [5.74, 6) is -2.63. The SMILES string of the molecule is COC(=O)C1C(=O)NC(SCC(=O)Nc2ccc(OC)cc2)=C(C#N)C1c1ccc(OC)cc1. The molecule has 2 aromatic carbocycles. The molecule has 0 radical (unpaired) electrons. The molecule has 3 rings (SSSR count). The maximum Gasteiger partial charge on any atom is 0.319 e. The van der Waals surface area contributed by atoms with Crippen LogP contribution in [0.2, 0.25) is 0 Å². The van der Waals surface area contributed by atoms with Crippen molar-refractivity contribution in [3.63, 3.8) is 0 Å². The summed E-state index contributed by atoms with van der Waals surface area (Å²) in [6.07, 6.45) is 0. The summed E-state index contributed by atoms with van der Waals surface area (Å²) < 4.78 is 15.1. The highest BCUT2D eigenvalue weighted by molar-refractivity contribution is 8.03. The molecule has 0 spiro atoms. The zero-order valence-corrected chi connectivity index (χ0v) is 19.6. The van der Waals surface area contributed by atoms with Gasteiger partial charge in [0.25, 0.3) is 0 Å². The number of hydrogen-bond donors (Lipinski definition) is 2. The fraction of sp³-hybridized carbons (Fsp3) is 0.250. The summed E-state index contributed by atoms with van der Waals surface area (Å²) in [5, 5.41) is 15.5. The number of methoxy groups -OCH3 is 3. The first-order chi connectivity index (χ1) is 16.4. The third kappa shape index (κ3) is 5.50. The Hall–Kier alpha value is -3.97. The Kier molecular flexibility index (Phi) is 8.16. The van der Waals surface area contributed by atoms with Crippen molar-refractivity contribution in [2.75, 3.05) is 32.4 Å². The standard InChI is InChI=1S/C24H23N3O6S/c1-31-16-8-4-14(5-9-16)20-18(12-25)23(27-22(29)21(20)24(30)33-3)34-13-19(28)26-15-6-10-17(32-2)11-7-15/h4-11,20-21H,13H2,1-3H3,(H,26,28)(H,27,29). The molecule has 10 heteroatoms. The first kappa shape index (κ1) is 24.7. The quantitative estimate of drug-likeness (QED) is 0.435. The van der Waals surface area contributed by atoms with Gasteiger partial charge in [-0.25, -0.2) is 0 Å². The number of ether oxygens (including phenoxy) is 3. The van der Waals surface area contributed by atoms with Crippen LogP contribution in [0.1, 0.15) is 11.5 Å². The average molecular weight is 482 g/mol. The Morgan fingerprint density at radius 3 is 2.15 bits per heavy atom. The Morgan fingerprint density at radius 1 is 1.03 bits per heavy atom. The summed E-state index contributed by atoms with van der Waals surface area (Å²) >= 11 is 1.01. The zero-order chi connectivity index (χ0) is 24.7. The molecule has 2 N–H and O–H groups in total. The summed E-state index contributed by atoms with van der Waals surface area (Å²) in [6, 6.07) is 15.7. The smallest absolute Gasteiger partial charge is 0.319 e. The molecule has 1 aliphatic rings. The molecule has 2 amide bonds. The number of amides is 2. The molecular weight excluding hydrogens is 458 g/mol. The molecule has 0 saturated heterocycles. The van der Waals surface area contributed by atoms with Gasteiger partial charge in [0.2, 0.25) is 11.8 Å². The monoisotopic (exact) mass is 481 g/mol. The number of anilines is 1. The van der Waals surface area contributed by atoms with Crippen LogP contribution in [0.25, 0.3) is 0 Å². The molecule has 2 unspecified atom stereocenters. The number of benzene rings is 2. The summed E-state index contributed by atoms with van der Waals surface area (Å²) in [4.78, 5) is 37.8. The van der Waals surface area contributed by atoms with Gasteiger partial charge in [0.05, 0.1) is 43.8 Å². The van der Waals surface area contributed by atoms with Crippen molar-refractivity contribution < 1.29 is 28.6 Å². The maximum atomic E-state index is 12.9. The number of nitrogens with one attached hydrogen (secondary N) is 2. The number of esters is 1. The van der Waals surface area contributed by atoms with Crippen LogP contribution in [0, 0.1) is 17.2 Å². The molecular formula is C24H23N3O6S. The number of hydrogen-bond acceptors (Lipinski definition) is 8. The minimum atomic E-state index is -1.24. The largest absolute Gasteiger partial charge is 0.497 e. The molecule has 176 valence electrons. The van der Waals surface area contributed by atoms with Crippen molar-refractivity contribution in [2.45, 2.75) is 5.92 Å². The number of nitrogens with zero attached hydrogens (tertiary/aromatic N) is 1. The van der Waals surface area contributed by atoms with Gasteiger partial charge in [-0.15, -0.1) is 0 Å². The minimum Gasteiger partial charge on any atom is -0.497 e. The normalized spacial score (nSPS) is 17.3. The van der Waals surface area contributed by atoms with Crippen LogP contribution < -0.4 is 20.1 Å². The maximum absolute atomic E-state index is 12.9. The highest BCUT2D eigenvalue weighted by atomic mass is 32.2. The number of allylic oxidation sites excluding steroid dienone is 1. The van der Waals surface area contributed by atoms with E-state index in [4.69, 9.17) is 14.2 Å². The van der Waals surface area contributed by atoms with Crippen molar-refractivity contribution >= 4 is 35.2 Å². The minimum absolute atomic E-state index is 0.0644. The lowest BCUT2D eigenvalue weighted by Gasteiger charge is -2.31. The van der Waals surface area contributed by atoms with E-state index in [1.807, 2.05) is 0 Å². The van der Waals surface area contributed by atoms with Gasteiger partial charge in [-0.2, -0.15) is 5.26 Å². The van der Waals surface area contributed by atoms with Gasteiger partial charge in [0, 0.05) is 11.6 Å². The Labute approximate surface area is 201 Å². The van der Waals surface area contributed by atoms with Crippen LogP contribution in [0.15, 0.2) is 59.1 Å². The second kappa shape index (κ2) is 11.2. The number of thioether (sulfide) groups is 1. The molecule has 0 fully saturated rings. The van der Waals surface area contributed by atoms with E-state index < -0.39 is 23.7 Å². The fourth-order valence-electron chi connectivity index (χ4n) is 3.50. The van der Waals surface area contributed by atoms with E-state index in [0.717, 1.165) is 11.8 Å². The van der Waals surface area contributed by atoms with Gasteiger partial charge >= 0.3 is 5.97 Å². The van der Waals surface area contributed by atoms with Crippen molar-refractivity contribution in [2.24, 2.45) is 5.92 Å². The van der Waals surface area contributed by atoms with E-state index >= 15 is 0 Å². The number of rotatable bonds is 8. The molecule has 0 aliphatic carbocycles. The zero-order valence-electron chi connectivity index (χ0n) is 18.8. The molecule has 0 saturated carbocycles. The second-order valence-electron chi connectivity index (χ2n) is 7.16. The predicted molar refractivity (Wildman–Crippen MR) is 126 cm³/mol. The van der Waals surface area contributed by atoms with E-state index in [0.29, 0.717) is 22.7 Å². The fourth-order valence-corrected chi connectivity index (χ4v) is 4.35. The molecule has 0 aromatic heterocycles. The summed E-state index contributed by atoms with van der Waals surface area (Å²) in [5.41, 5.74) is 1.32. The van der Waals surface area contributed by atoms with Crippen LogP contribution in [0.3, 0.4) is 0 Å². The van der Waals surface area contributed by atoms with E-state index in [-0.39, 0.29) is 22.3 Å². The van der Waals surface area contributed by atoms with Crippen LogP contribution in [0.5, 0.6) is 11.5 Å². The number of nitriles is 1. The third-order valence-corrected chi connectivity index (χ3v) is 6.20. The Balaban J connectivity index is 1.85. The van der Waals surface area contributed by atoms with Crippen LogP contribution in [-0.2, 0) is 19.1 Å². The molecule has 34 heavy (non-hydrogen) atoms. The van der Waals surface area contributed by atoms with E-state index in [1.54, 1.807) is 55.6 Å². The van der Waals surface area contributed by atoms with Gasteiger partial charge in [-0.1, -0.05) is 23.9 Å². The van der Waals surface area contributed by atoms with Crippen molar-refractivity contribution in [1.29, 1.82) is 5.26 Å². The molecule has 1 aliphatic heterocycles. The third-order valence-electron chi connectivity index (χ3n) is 5.18. The summed E-state index contributed by atoms with van der Waals surface area (Å²) in [6.45, 7) is 0. The highest BCUT2D eigenvalue weighted by Gasteiger charge is 2.44. The van der Waals surface area contributed by atoms with Crippen molar-refractivity contribution in [3.8, 4) is 17.6 Å². The first-order valence-electron chi connectivity index (χ1n) is 10.2. The number of carbonyl (C=O) groups is 3. The van der Waals surface area contributed by atoms with E-state index in [2.05, 4.69) is 16.7 Å². The van der Waals surface area contributed by atoms with Gasteiger partial charge < -0.3 is 24.8 Å². The molecule has 0 bridgehead atoms. The Bertz CT molecular complexity index is 1140. The van der Waals surface area contributed by atoms with Crippen molar-refractivity contribution in [1.82, 2.24) is 5.32 Å². The van der Waals surface area contributed by atoms with Crippen molar-refractivity contribution in [3.05, 3.63) is 64.7 Å². The lowest BCUT2D eigenvalue weighted by Crippen LogP contribution is -2.44. The van der Waals surface area contributed by atoms with Gasteiger partial charge in [0.15, 0.2) is 0 Å². The highest BCUT2D eigenvalue weighted by Crippen LogP contribution is 2.40. The van der Waals surface area contributed by atoms with E-state index in [1.165, 1.54) is 14.2 Å². The van der Waals surface area contributed by atoms with Crippen LogP contribution in [0.4, 0.5) is 5.69 Å².